The van der Waals surface area contributed by atoms with Crippen molar-refractivity contribution in [3.63, 3.8) is 0 Å². The maximum atomic E-state index is 12.7. The van der Waals surface area contributed by atoms with Crippen molar-refractivity contribution in [1.29, 1.82) is 0 Å². The first kappa shape index (κ1) is 26.9. The van der Waals surface area contributed by atoms with Crippen LogP contribution in [0.3, 0.4) is 0 Å². The first-order valence-electron chi connectivity index (χ1n) is 10.8. The second-order valence-corrected chi connectivity index (χ2v) is 7.59. The van der Waals surface area contributed by atoms with E-state index in [2.05, 4.69) is 5.32 Å². The highest BCUT2D eigenvalue weighted by atomic mass is 16.7. The van der Waals surface area contributed by atoms with Gasteiger partial charge in [0.2, 0.25) is 0 Å². The van der Waals surface area contributed by atoms with Crippen LogP contribution in [0.25, 0.3) is 0 Å². The number of ether oxygens (including phenoxy) is 4. The lowest BCUT2D eigenvalue weighted by molar-refractivity contribution is -0.384. The number of hydrogen-bond donors (Lipinski definition) is 1. The van der Waals surface area contributed by atoms with Crippen molar-refractivity contribution in [2.75, 3.05) is 33.7 Å². The summed E-state index contributed by atoms with van der Waals surface area (Å²) in [5.41, 5.74) is 1.02. The van der Waals surface area contributed by atoms with Gasteiger partial charge in [-0.1, -0.05) is 37.3 Å². The van der Waals surface area contributed by atoms with Gasteiger partial charge in [0, 0.05) is 24.8 Å². The van der Waals surface area contributed by atoms with E-state index in [1.54, 1.807) is 14.0 Å². The molecule has 0 spiro atoms. The predicted molar refractivity (Wildman–Crippen MR) is 123 cm³/mol. The number of carbonyl (C=O) groups is 2. The number of amides is 1. The molecule has 1 amide bonds. The van der Waals surface area contributed by atoms with E-state index in [-0.39, 0.29) is 37.7 Å². The van der Waals surface area contributed by atoms with E-state index in [0.717, 1.165) is 5.56 Å². The van der Waals surface area contributed by atoms with Crippen LogP contribution in [0.15, 0.2) is 54.6 Å². The van der Waals surface area contributed by atoms with Crippen LogP contribution in [0.4, 0.5) is 5.69 Å². The SMILES string of the molecule is COCCOCOCC(CC(C)C(=O)OCc1ccccc1)NC(=O)c1ccc([N+](=O)[O-])cc1. The highest BCUT2D eigenvalue weighted by Gasteiger charge is 2.23. The minimum atomic E-state index is -0.537. The Morgan fingerprint density at radius 1 is 1.03 bits per heavy atom. The highest BCUT2D eigenvalue weighted by molar-refractivity contribution is 5.94. The predicted octanol–water partition coefficient (Wildman–Crippen LogP) is 3.10. The van der Waals surface area contributed by atoms with E-state index in [1.807, 2.05) is 30.3 Å². The number of carbonyl (C=O) groups excluding carboxylic acids is 2. The van der Waals surface area contributed by atoms with Crippen LogP contribution in [0.5, 0.6) is 0 Å². The maximum Gasteiger partial charge on any atom is 0.309 e. The summed E-state index contributed by atoms with van der Waals surface area (Å²) < 4.78 is 21.1. The summed E-state index contributed by atoms with van der Waals surface area (Å²) in [5, 5.41) is 13.6. The van der Waals surface area contributed by atoms with E-state index in [0.29, 0.717) is 13.2 Å². The van der Waals surface area contributed by atoms with Gasteiger partial charge in [-0.25, -0.2) is 0 Å². The van der Waals surface area contributed by atoms with Crippen molar-refractivity contribution in [3.8, 4) is 0 Å². The van der Waals surface area contributed by atoms with Gasteiger partial charge >= 0.3 is 5.97 Å². The summed E-state index contributed by atoms with van der Waals surface area (Å²) >= 11 is 0. The average Bonchev–Trinajstić information content (AvgIpc) is 2.85. The van der Waals surface area contributed by atoms with Gasteiger partial charge in [0.25, 0.3) is 11.6 Å². The second kappa shape index (κ2) is 14.7. The zero-order chi connectivity index (χ0) is 24.8. The Labute approximate surface area is 198 Å². The van der Waals surface area contributed by atoms with Crippen molar-refractivity contribution >= 4 is 17.6 Å². The normalized spacial score (nSPS) is 12.5. The van der Waals surface area contributed by atoms with Crippen molar-refractivity contribution in [3.05, 3.63) is 75.8 Å². The molecular weight excluding hydrogens is 444 g/mol. The Hall–Kier alpha value is -3.34. The molecule has 0 aromatic heterocycles. The minimum absolute atomic E-state index is 0.0000960. The zero-order valence-electron chi connectivity index (χ0n) is 19.3. The fraction of sp³-hybridized carbons (Fsp3) is 0.417. The lowest BCUT2D eigenvalue weighted by Gasteiger charge is -2.22. The number of benzene rings is 2. The van der Waals surface area contributed by atoms with Crippen molar-refractivity contribution < 1.29 is 33.5 Å². The summed E-state index contributed by atoms with van der Waals surface area (Å²) in [6, 6.07) is 14.1. The number of nitro benzene ring substituents is 1. The first-order chi connectivity index (χ1) is 16.4. The summed E-state index contributed by atoms with van der Waals surface area (Å²) in [6.45, 7) is 2.76. The molecule has 0 saturated heterocycles. The van der Waals surface area contributed by atoms with Gasteiger partial charge in [0.15, 0.2) is 0 Å². The smallest absolute Gasteiger partial charge is 0.309 e. The Morgan fingerprint density at radius 3 is 2.38 bits per heavy atom. The van der Waals surface area contributed by atoms with E-state index in [4.69, 9.17) is 18.9 Å². The van der Waals surface area contributed by atoms with Crippen LogP contribution in [0.2, 0.25) is 0 Å². The molecule has 34 heavy (non-hydrogen) atoms. The zero-order valence-corrected chi connectivity index (χ0v) is 19.3. The Balaban J connectivity index is 1.94. The van der Waals surface area contributed by atoms with Gasteiger partial charge in [0.1, 0.15) is 13.4 Å². The summed E-state index contributed by atoms with van der Waals surface area (Å²) in [4.78, 5) is 35.4. The second-order valence-electron chi connectivity index (χ2n) is 7.59. The standard InChI is InChI=1S/C24H30N2O8/c1-18(24(28)34-15-19-6-4-3-5-7-19)14-21(16-33-17-32-13-12-31-2)25-23(27)20-8-10-22(11-9-20)26(29)30/h3-11,18,21H,12-17H2,1-2H3,(H,25,27). The van der Waals surface area contributed by atoms with Crippen molar-refractivity contribution in [2.24, 2.45) is 5.92 Å². The minimum Gasteiger partial charge on any atom is -0.461 e. The number of esters is 1. The molecule has 2 aromatic rings. The molecule has 0 aliphatic rings. The quantitative estimate of drug-likeness (QED) is 0.137. The van der Waals surface area contributed by atoms with Gasteiger partial charge < -0.3 is 24.3 Å². The number of hydrogen-bond acceptors (Lipinski definition) is 8. The number of methoxy groups -OCH3 is 1. The molecule has 0 heterocycles. The fourth-order valence-electron chi connectivity index (χ4n) is 3.02. The van der Waals surface area contributed by atoms with Gasteiger partial charge in [-0.2, -0.15) is 0 Å². The Morgan fingerprint density at radius 2 is 1.74 bits per heavy atom. The van der Waals surface area contributed by atoms with Gasteiger partial charge in [0.05, 0.1) is 36.7 Å². The van der Waals surface area contributed by atoms with E-state index >= 15 is 0 Å². The Bertz CT molecular complexity index is 905. The molecule has 2 unspecified atom stereocenters. The average molecular weight is 475 g/mol. The number of nitrogens with one attached hydrogen (secondary N) is 1. The number of nitrogens with zero attached hydrogens (tertiary/aromatic N) is 1. The molecule has 1 N–H and O–H groups in total. The van der Waals surface area contributed by atoms with E-state index < -0.39 is 28.8 Å². The summed E-state index contributed by atoms with van der Waals surface area (Å²) in [5.74, 6) is -1.34. The van der Waals surface area contributed by atoms with Gasteiger partial charge in [-0.05, 0) is 24.1 Å². The highest BCUT2D eigenvalue weighted by Crippen LogP contribution is 2.14. The topological polar surface area (TPSA) is 126 Å². The van der Waals surface area contributed by atoms with Crippen LogP contribution in [0.1, 0.15) is 29.3 Å². The summed E-state index contributed by atoms with van der Waals surface area (Å²) in [7, 11) is 1.56. The van der Waals surface area contributed by atoms with Crippen LogP contribution in [-0.4, -0.2) is 56.6 Å². The number of rotatable bonds is 15. The molecule has 0 saturated carbocycles. The maximum absolute atomic E-state index is 12.7. The van der Waals surface area contributed by atoms with Crippen molar-refractivity contribution in [1.82, 2.24) is 5.32 Å². The van der Waals surface area contributed by atoms with Crippen LogP contribution < -0.4 is 5.32 Å². The fourth-order valence-corrected chi connectivity index (χ4v) is 3.02. The molecule has 0 fully saturated rings. The molecule has 184 valence electrons. The van der Waals surface area contributed by atoms with E-state index in [9.17, 15) is 19.7 Å². The molecule has 2 rings (SSSR count). The Kier molecular flexibility index (Phi) is 11.7. The van der Waals surface area contributed by atoms with Crippen LogP contribution in [-0.2, 0) is 30.3 Å². The monoisotopic (exact) mass is 474 g/mol. The molecule has 0 aliphatic carbocycles. The van der Waals surface area contributed by atoms with Crippen LogP contribution in [0, 0.1) is 16.0 Å². The van der Waals surface area contributed by atoms with Gasteiger partial charge in [-0.3, -0.25) is 19.7 Å². The molecule has 0 radical (unpaired) electrons. The molecule has 0 aliphatic heterocycles. The molecule has 10 nitrogen and oxygen atoms in total. The molecule has 0 bridgehead atoms. The van der Waals surface area contributed by atoms with Gasteiger partial charge in [-0.15, -0.1) is 0 Å². The number of nitro groups is 1. The molecular formula is C24H30N2O8. The molecule has 2 aromatic carbocycles. The first-order valence-corrected chi connectivity index (χ1v) is 10.8. The third-order valence-corrected chi connectivity index (χ3v) is 4.86. The molecule has 10 heteroatoms. The third-order valence-electron chi connectivity index (χ3n) is 4.86. The molecule has 2 atom stereocenters. The van der Waals surface area contributed by atoms with Crippen molar-refractivity contribution in [2.45, 2.75) is 26.0 Å². The number of non-ortho nitro benzene ring substituents is 1. The van der Waals surface area contributed by atoms with E-state index in [1.165, 1.54) is 24.3 Å². The largest absolute Gasteiger partial charge is 0.461 e. The summed E-state index contributed by atoms with van der Waals surface area (Å²) in [6.07, 6.45) is 0.268. The third kappa shape index (κ3) is 9.65. The lowest BCUT2D eigenvalue weighted by Crippen LogP contribution is -2.40. The lowest BCUT2D eigenvalue weighted by atomic mass is 10.0. The van der Waals surface area contributed by atoms with Crippen LogP contribution >= 0.6 is 0 Å².